The quantitative estimate of drug-likeness (QED) is 0.785. The molecule has 0 aliphatic heterocycles. The van der Waals surface area contributed by atoms with Gasteiger partial charge in [-0.25, -0.2) is 0 Å². The van der Waals surface area contributed by atoms with Crippen molar-refractivity contribution < 1.29 is 5.21 Å². The Labute approximate surface area is 114 Å². The average molecular weight is 255 g/mol. The van der Waals surface area contributed by atoms with Gasteiger partial charge < -0.3 is 0 Å². The summed E-state index contributed by atoms with van der Waals surface area (Å²) in [4.78, 5) is 4.35. The third-order valence-electron chi connectivity index (χ3n) is 2.98. The third kappa shape index (κ3) is 3.19. The summed E-state index contributed by atoms with van der Waals surface area (Å²) in [6.07, 6.45) is 1.72. The van der Waals surface area contributed by atoms with E-state index in [1.165, 1.54) is 0 Å². The first-order valence-corrected chi connectivity index (χ1v) is 6.42. The van der Waals surface area contributed by atoms with Crippen molar-refractivity contribution in [3.63, 3.8) is 0 Å². The summed E-state index contributed by atoms with van der Waals surface area (Å²) in [6.45, 7) is 5.75. The van der Waals surface area contributed by atoms with Crippen molar-refractivity contribution in [3.8, 4) is 0 Å². The van der Waals surface area contributed by atoms with E-state index < -0.39 is 5.54 Å². The lowest BCUT2D eigenvalue weighted by Gasteiger charge is -2.34. The van der Waals surface area contributed by atoms with E-state index in [0.29, 0.717) is 0 Å². The molecule has 99 valence electrons. The average Bonchev–Trinajstić information content (AvgIpc) is 2.40. The number of hydrogen-bond acceptors (Lipinski definition) is 2. The van der Waals surface area contributed by atoms with Crippen molar-refractivity contribution in [2.45, 2.75) is 32.4 Å². The number of hydroxylamine groups is 2. The van der Waals surface area contributed by atoms with E-state index in [0.717, 1.165) is 16.3 Å². The second-order valence-electron chi connectivity index (χ2n) is 5.56. The van der Waals surface area contributed by atoms with Gasteiger partial charge in [-0.1, -0.05) is 36.4 Å². The molecular weight excluding hydrogens is 236 g/mol. The summed E-state index contributed by atoms with van der Waals surface area (Å²) in [5, 5.41) is 13.8. The standard InChI is InChI=1S/C16H19N2O/c1-16(2,3)18(19)15(13-9-5-4-6-10-13)14-11-7-8-12-17-14/h4-12,15H,1-3H3. The lowest BCUT2D eigenvalue weighted by atomic mass is 9.98. The fourth-order valence-corrected chi connectivity index (χ4v) is 1.99. The summed E-state index contributed by atoms with van der Waals surface area (Å²) in [7, 11) is 0. The topological polar surface area (TPSA) is 36.0 Å². The van der Waals surface area contributed by atoms with Crippen LogP contribution in [0.5, 0.6) is 0 Å². The second kappa shape index (κ2) is 5.51. The molecule has 1 heterocycles. The molecule has 3 heteroatoms. The molecule has 0 saturated carbocycles. The Hall–Kier alpha value is -1.71. The highest BCUT2D eigenvalue weighted by Gasteiger charge is 2.32. The second-order valence-corrected chi connectivity index (χ2v) is 5.56. The van der Waals surface area contributed by atoms with Crippen LogP contribution in [0, 0.1) is 0 Å². The van der Waals surface area contributed by atoms with Gasteiger partial charge in [0.25, 0.3) is 0 Å². The zero-order valence-electron chi connectivity index (χ0n) is 11.6. The molecule has 1 unspecified atom stereocenters. The summed E-state index contributed by atoms with van der Waals surface area (Å²) in [5.41, 5.74) is 1.27. The van der Waals surface area contributed by atoms with Gasteiger partial charge in [-0.2, -0.15) is 0 Å². The van der Waals surface area contributed by atoms with Crippen molar-refractivity contribution in [1.82, 2.24) is 10.0 Å². The first kappa shape index (κ1) is 13.7. The number of aromatic nitrogens is 1. The first-order valence-electron chi connectivity index (χ1n) is 6.42. The molecule has 0 spiro atoms. The molecule has 0 aliphatic carbocycles. The van der Waals surface area contributed by atoms with Crippen LogP contribution >= 0.6 is 0 Å². The molecule has 0 bridgehead atoms. The maximum atomic E-state index is 12.6. The summed E-state index contributed by atoms with van der Waals surface area (Å²) < 4.78 is 0. The van der Waals surface area contributed by atoms with Gasteiger partial charge in [-0.05, 0) is 38.5 Å². The molecule has 0 amide bonds. The van der Waals surface area contributed by atoms with Gasteiger partial charge in [0.05, 0.1) is 5.69 Å². The highest BCUT2D eigenvalue weighted by molar-refractivity contribution is 5.27. The Morgan fingerprint density at radius 2 is 1.63 bits per heavy atom. The van der Waals surface area contributed by atoms with Gasteiger partial charge in [-0.15, -0.1) is 10.3 Å². The van der Waals surface area contributed by atoms with E-state index in [-0.39, 0.29) is 6.04 Å². The van der Waals surface area contributed by atoms with Crippen molar-refractivity contribution >= 4 is 0 Å². The van der Waals surface area contributed by atoms with Crippen LogP contribution in [0.25, 0.3) is 0 Å². The number of pyridine rings is 1. The molecular formula is C16H19N2O. The lowest BCUT2D eigenvalue weighted by molar-refractivity contribution is -0.234. The number of nitrogens with zero attached hydrogens (tertiary/aromatic N) is 2. The van der Waals surface area contributed by atoms with Crippen LogP contribution in [-0.2, 0) is 5.21 Å². The maximum Gasteiger partial charge on any atom is 0.106 e. The van der Waals surface area contributed by atoms with Crippen LogP contribution in [0.3, 0.4) is 0 Å². The molecule has 3 nitrogen and oxygen atoms in total. The molecule has 1 radical (unpaired) electrons. The largest absolute Gasteiger partial charge is 0.259 e. The van der Waals surface area contributed by atoms with Crippen LogP contribution in [0.1, 0.15) is 38.1 Å². The Bertz CT molecular complexity index is 466. The van der Waals surface area contributed by atoms with E-state index in [2.05, 4.69) is 4.98 Å². The summed E-state index contributed by atoms with van der Waals surface area (Å²) in [6, 6.07) is 15.1. The molecule has 1 aromatic carbocycles. The predicted molar refractivity (Wildman–Crippen MR) is 74.8 cm³/mol. The van der Waals surface area contributed by atoms with Gasteiger partial charge in [-0.3, -0.25) is 4.98 Å². The maximum absolute atomic E-state index is 12.6. The van der Waals surface area contributed by atoms with Crippen LogP contribution in [0.4, 0.5) is 0 Å². The Balaban J connectivity index is 2.46. The molecule has 0 fully saturated rings. The molecule has 1 atom stereocenters. The van der Waals surface area contributed by atoms with E-state index in [1.807, 2.05) is 69.3 Å². The summed E-state index contributed by atoms with van der Waals surface area (Å²) in [5.74, 6) is 0. The first-order chi connectivity index (χ1) is 9.00. The molecule has 19 heavy (non-hydrogen) atoms. The lowest BCUT2D eigenvalue weighted by Crippen LogP contribution is -2.41. The fourth-order valence-electron chi connectivity index (χ4n) is 1.99. The molecule has 2 rings (SSSR count). The van der Waals surface area contributed by atoms with Crippen LogP contribution in [0.15, 0.2) is 54.7 Å². The Morgan fingerprint density at radius 1 is 1.00 bits per heavy atom. The van der Waals surface area contributed by atoms with E-state index in [4.69, 9.17) is 0 Å². The van der Waals surface area contributed by atoms with Gasteiger partial charge in [0.15, 0.2) is 0 Å². The zero-order valence-corrected chi connectivity index (χ0v) is 11.6. The van der Waals surface area contributed by atoms with E-state index in [9.17, 15) is 5.21 Å². The van der Waals surface area contributed by atoms with Crippen molar-refractivity contribution in [2.75, 3.05) is 0 Å². The van der Waals surface area contributed by atoms with Crippen LogP contribution < -0.4 is 0 Å². The van der Waals surface area contributed by atoms with Gasteiger partial charge >= 0.3 is 0 Å². The zero-order chi connectivity index (χ0) is 13.9. The minimum absolute atomic E-state index is 0.373. The van der Waals surface area contributed by atoms with Crippen molar-refractivity contribution in [2.24, 2.45) is 0 Å². The molecule has 0 aliphatic rings. The minimum Gasteiger partial charge on any atom is -0.259 e. The molecule has 1 aromatic heterocycles. The molecule has 0 N–H and O–H groups in total. The number of hydrogen-bond donors (Lipinski definition) is 0. The third-order valence-corrected chi connectivity index (χ3v) is 2.98. The van der Waals surface area contributed by atoms with E-state index in [1.54, 1.807) is 6.20 Å². The van der Waals surface area contributed by atoms with Crippen molar-refractivity contribution in [3.05, 3.63) is 66.0 Å². The normalized spacial score (nSPS) is 13.5. The summed E-state index contributed by atoms with van der Waals surface area (Å²) >= 11 is 0. The highest BCUT2D eigenvalue weighted by atomic mass is 16.5. The minimum atomic E-state index is -0.474. The SMILES string of the molecule is CC(C)(C)N([O])C(c1ccccc1)c1ccccn1. The Kier molecular flexibility index (Phi) is 3.98. The monoisotopic (exact) mass is 255 g/mol. The van der Waals surface area contributed by atoms with Crippen LogP contribution in [0.2, 0.25) is 0 Å². The smallest absolute Gasteiger partial charge is 0.106 e. The number of rotatable bonds is 3. The van der Waals surface area contributed by atoms with Gasteiger partial charge in [0.1, 0.15) is 6.04 Å². The van der Waals surface area contributed by atoms with Gasteiger partial charge in [0, 0.05) is 11.7 Å². The van der Waals surface area contributed by atoms with E-state index >= 15 is 0 Å². The van der Waals surface area contributed by atoms with Gasteiger partial charge in [0.2, 0.25) is 0 Å². The van der Waals surface area contributed by atoms with Crippen molar-refractivity contribution in [1.29, 1.82) is 0 Å². The highest BCUT2D eigenvalue weighted by Crippen LogP contribution is 2.31. The fraction of sp³-hybridized carbons (Fsp3) is 0.312. The Morgan fingerprint density at radius 3 is 2.16 bits per heavy atom. The number of benzene rings is 1. The van der Waals surface area contributed by atoms with Crippen LogP contribution in [-0.4, -0.2) is 15.6 Å². The molecule has 0 saturated heterocycles. The molecule has 2 aromatic rings. The predicted octanol–water partition coefficient (Wildman–Crippen LogP) is 3.62.